The highest BCUT2D eigenvalue weighted by atomic mass is 32.2. The Morgan fingerprint density at radius 3 is 3.00 bits per heavy atom. The molecule has 15 heavy (non-hydrogen) atoms. The number of nitrogens with zero attached hydrogens (tertiary/aromatic N) is 1. The molecule has 0 amide bonds. The van der Waals surface area contributed by atoms with E-state index in [4.69, 9.17) is 4.18 Å². The summed E-state index contributed by atoms with van der Waals surface area (Å²) in [5, 5.41) is 0. The van der Waals surface area contributed by atoms with Gasteiger partial charge in [-0.1, -0.05) is 6.07 Å². The molecule has 1 aromatic heterocycles. The van der Waals surface area contributed by atoms with Gasteiger partial charge in [0.05, 0.1) is 28.6 Å². The zero-order valence-corrected chi connectivity index (χ0v) is 9.64. The van der Waals surface area contributed by atoms with Gasteiger partial charge in [-0.2, -0.15) is 8.42 Å². The van der Waals surface area contributed by atoms with Crippen LogP contribution >= 0.6 is 11.3 Å². The number of rotatable bonds is 3. The molecule has 0 atom stereocenters. The third-order valence-electron chi connectivity index (χ3n) is 1.84. The SMILES string of the molecule is CS(=O)(=O)OCc1ccc2ncsc2c1. The highest BCUT2D eigenvalue weighted by Gasteiger charge is 2.04. The van der Waals surface area contributed by atoms with E-state index in [0.717, 1.165) is 22.0 Å². The van der Waals surface area contributed by atoms with Crippen molar-refractivity contribution in [3.05, 3.63) is 29.3 Å². The smallest absolute Gasteiger partial charge is 0.264 e. The molecule has 0 saturated carbocycles. The van der Waals surface area contributed by atoms with Crippen LogP contribution in [0.5, 0.6) is 0 Å². The average molecular weight is 243 g/mol. The van der Waals surface area contributed by atoms with E-state index in [1.807, 2.05) is 18.2 Å². The van der Waals surface area contributed by atoms with E-state index in [1.165, 1.54) is 11.3 Å². The van der Waals surface area contributed by atoms with E-state index < -0.39 is 10.1 Å². The highest BCUT2D eigenvalue weighted by molar-refractivity contribution is 7.85. The number of benzene rings is 1. The monoisotopic (exact) mass is 243 g/mol. The third kappa shape index (κ3) is 2.74. The second-order valence-corrected chi connectivity index (χ2v) is 5.65. The lowest BCUT2D eigenvalue weighted by Gasteiger charge is -2.00. The van der Waals surface area contributed by atoms with E-state index >= 15 is 0 Å². The standard InChI is InChI=1S/C9H9NO3S2/c1-15(11,12)13-5-7-2-3-8-9(4-7)14-6-10-8/h2-4,6H,5H2,1H3. The van der Waals surface area contributed by atoms with Gasteiger partial charge in [-0.05, 0) is 17.7 Å². The van der Waals surface area contributed by atoms with Crippen LogP contribution in [0.3, 0.4) is 0 Å². The Bertz CT molecular complexity index is 574. The maximum atomic E-state index is 10.8. The Labute approximate surface area is 91.7 Å². The second-order valence-electron chi connectivity index (χ2n) is 3.12. The average Bonchev–Trinajstić information content (AvgIpc) is 2.60. The van der Waals surface area contributed by atoms with E-state index in [0.29, 0.717) is 0 Å². The van der Waals surface area contributed by atoms with Crippen molar-refractivity contribution in [3.8, 4) is 0 Å². The van der Waals surface area contributed by atoms with Gasteiger partial charge < -0.3 is 0 Å². The summed E-state index contributed by atoms with van der Waals surface area (Å²) in [4.78, 5) is 4.13. The van der Waals surface area contributed by atoms with Crippen molar-refractivity contribution in [2.75, 3.05) is 6.26 Å². The first-order valence-electron chi connectivity index (χ1n) is 4.21. The molecule has 4 nitrogen and oxygen atoms in total. The van der Waals surface area contributed by atoms with Crippen LogP contribution in [0.2, 0.25) is 0 Å². The number of thiazole rings is 1. The van der Waals surface area contributed by atoms with Crippen LogP contribution in [-0.4, -0.2) is 19.7 Å². The van der Waals surface area contributed by atoms with Gasteiger partial charge in [0.15, 0.2) is 0 Å². The Hall–Kier alpha value is -0.980. The van der Waals surface area contributed by atoms with Crippen molar-refractivity contribution in [1.82, 2.24) is 4.98 Å². The molecule has 1 heterocycles. The number of hydrogen-bond acceptors (Lipinski definition) is 5. The Kier molecular flexibility index (Phi) is 2.72. The van der Waals surface area contributed by atoms with Crippen molar-refractivity contribution in [2.45, 2.75) is 6.61 Å². The van der Waals surface area contributed by atoms with Crippen LogP contribution in [0.4, 0.5) is 0 Å². The van der Waals surface area contributed by atoms with E-state index in [9.17, 15) is 8.42 Å². The van der Waals surface area contributed by atoms with Crippen molar-refractivity contribution in [2.24, 2.45) is 0 Å². The summed E-state index contributed by atoms with van der Waals surface area (Å²) in [5.41, 5.74) is 3.51. The lowest BCUT2D eigenvalue weighted by atomic mass is 10.2. The van der Waals surface area contributed by atoms with Crippen LogP contribution in [0, 0.1) is 0 Å². The summed E-state index contributed by atoms with van der Waals surface area (Å²) in [5.74, 6) is 0. The van der Waals surface area contributed by atoms with Crippen LogP contribution in [0.1, 0.15) is 5.56 Å². The predicted octanol–water partition coefficient (Wildman–Crippen LogP) is 1.77. The molecule has 0 fully saturated rings. The van der Waals surface area contributed by atoms with Gasteiger partial charge in [-0.3, -0.25) is 4.18 Å². The molecule has 0 radical (unpaired) electrons. The summed E-state index contributed by atoms with van der Waals surface area (Å²) in [6, 6.07) is 5.55. The topological polar surface area (TPSA) is 56.3 Å². The lowest BCUT2D eigenvalue weighted by Crippen LogP contribution is -2.02. The summed E-state index contributed by atoms with van der Waals surface area (Å²) < 4.78 is 27.3. The molecule has 80 valence electrons. The molecular weight excluding hydrogens is 234 g/mol. The molecule has 6 heteroatoms. The van der Waals surface area contributed by atoms with Crippen LogP contribution in [-0.2, 0) is 20.9 Å². The Morgan fingerprint density at radius 2 is 2.27 bits per heavy atom. The fourth-order valence-electron chi connectivity index (χ4n) is 1.16. The molecule has 0 aliphatic heterocycles. The van der Waals surface area contributed by atoms with Gasteiger partial charge in [0.25, 0.3) is 10.1 Å². The van der Waals surface area contributed by atoms with Crippen molar-refractivity contribution >= 4 is 31.7 Å². The number of hydrogen-bond donors (Lipinski definition) is 0. The predicted molar refractivity (Wildman–Crippen MR) is 59.3 cm³/mol. The van der Waals surface area contributed by atoms with Gasteiger partial charge in [-0.25, -0.2) is 4.98 Å². The molecular formula is C9H9NO3S2. The highest BCUT2D eigenvalue weighted by Crippen LogP contribution is 2.19. The minimum atomic E-state index is -3.37. The Morgan fingerprint density at radius 1 is 1.47 bits per heavy atom. The summed E-state index contributed by atoms with van der Waals surface area (Å²) >= 11 is 1.52. The van der Waals surface area contributed by atoms with Gasteiger partial charge >= 0.3 is 0 Å². The number of aromatic nitrogens is 1. The fourth-order valence-corrected chi connectivity index (χ4v) is 2.26. The van der Waals surface area contributed by atoms with Gasteiger partial charge in [-0.15, -0.1) is 11.3 Å². The normalized spacial score (nSPS) is 12.1. The maximum absolute atomic E-state index is 10.8. The largest absolute Gasteiger partial charge is 0.265 e. The zero-order chi connectivity index (χ0) is 10.9. The molecule has 0 aliphatic carbocycles. The van der Waals surface area contributed by atoms with Crippen molar-refractivity contribution < 1.29 is 12.6 Å². The molecule has 0 saturated heterocycles. The second kappa shape index (κ2) is 3.88. The van der Waals surface area contributed by atoms with Crippen LogP contribution in [0.15, 0.2) is 23.7 Å². The first-order chi connectivity index (χ1) is 7.04. The molecule has 1 aromatic carbocycles. The van der Waals surface area contributed by atoms with Gasteiger partial charge in [0.1, 0.15) is 0 Å². The van der Waals surface area contributed by atoms with Crippen LogP contribution < -0.4 is 0 Å². The van der Waals surface area contributed by atoms with E-state index in [-0.39, 0.29) is 6.61 Å². The summed E-state index contributed by atoms with van der Waals surface area (Å²) in [6.07, 6.45) is 1.04. The summed E-state index contributed by atoms with van der Waals surface area (Å²) in [7, 11) is -3.37. The van der Waals surface area contributed by atoms with Gasteiger partial charge in [0, 0.05) is 0 Å². The molecule has 0 bridgehead atoms. The summed E-state index contributed by atoms with van der Waals surface area (Å²) in [6.45, 7) is 0.0761. The van der Waals surface area contributed by atoms with Crippen molar-refractivity contribution in [1.29, 1.82) is 0 Å². The Balaban J connectivity index is 2.21. The molecule has 0 aliphatic rings. The molecule has 0 unspecified atom stereocenters. The van der Waals surface area contributed by atoms with Gasteiger partial charge in [0.2, 0.25) is 0 Å². The molecule has 0 N–H and O–H groups in total. The fraction of sp³-hybridized carbons (Fsp3) is 0.222. The van der Waals surface area contributed by atoms with E-state index in [2.05, 4.69) is 4.98 Å². The minimum absolute atomic E-state index is 0.0761. The van der Waals surface area contributed by atoms with Crippen molar-refractivity contribution in [3.63, 3.8) is 0 Å². The van der Waals surface area contributed by atoms with E-state index in [1.54, 1.807) is 5.51 Å². The molecule has 2 aromatic rings. The lowest BCUT2D eigenvalue weighted by molar-refractivity contribution is 0.312. The number of fused-ring (bicyclic) bond motifs is 1. The quantitative estimate of drug-likeness (QED) is 0.771. The first kappa shape index (κ1) is 10.5. The third-order valence-corrected chi connectivity index (χ3v) is 3.17. The minimum Gasteiger partial charge on any atom is -0.265 e. The zero-order valence-electron chi connectivity index (χ0n) is 8.00. The first-order valence-corrected chi connectivity index (χ1v) is 6.91. The molecule has 0 spiro atoms. The molecule has 2 rings (SSSR count). The maximum Gasteiger partial charge on any atom is 0.264 e. The van der Waals surface area contributed by atoms with Crippen LogP contribution in [0.25, 0.3) is 10.2 Å².